The zero-order chi connectivity index (χ0) is 14.4. The Balaban J connectivity index is 2.12. The topological polar surface area (TPSA) is 52.4 Å². The van der Waals surface area contributed by atoms with Crippen LogP contribution in [0.15, 0.2) is 53.4 Å². The summed E-state index contributed by atoms with van der Waals surface area (Å²) in [5, 5.41) is 10.9. The molecule has 0 spiro atoms. The summed E-state index contributed by atoms with van der Waals surface area (Å²) in [5.41, 5.74) is 1.19. The standard InChI is InChI=1S/C15H15NO3S/c1-2-20-15-10-13(8-9-14(15)16(17)18)19-11-12-6-4-3-5-7-12/h3-10H,2,11H2,1H3. The lowest BCUT2D eigenvalue weighted by Crippen LogP contribution is -1.97. The molecule has 0 aliphatic heterocycles. The van der Waals surface area contributed by atoms with E-state index in [0.717, 1.165) is 11.3 Å². The first-order valence-electron chi connectivity index (χ1n) is 6.28. The third-order valence-electron chi connectivity index (χ3n) is 2.68. The van der Waals surface area contributed by atoms with E-state index in [-0.39, 0.29) is 10.6 Å². The number of nitrogens with zero attached hydrogens (tertiary/aromatic N) is 1. The first-order valence-corrected chi connectivity index (χ1v) is 7.27. The van der Waals surface area contributed by atoms with Gasteiger partial charge in [0, 0.05) is 12.1 Å². The number of hydrogen-bond acceptors (Lipinski definition) is 4. The number of benzene rings is 2. The molecule has 0 N–H and O–H groups in total. The van der Waals surface area contributed by atoms with E-state index < -0.39 is 0 Å². The number of thioether (sulfide) groups is 1. The zero-order valence-corrected chi connectivity index (χ0v) is 11.9. The van der Waals surface area contributed by atoms with Gasteiger partial charge in [0.15, 0.2) is 0 Å². The minimum Gasteiger partial charge on any atom is -0.489 e. The molecule has 0 saturated heterocycles. The van der Waals surface area contributed by atoms with Gasteiger partial charge in [0.1, 0.15) is 12.4 Å². The Morgan fingerprint density at radius 1 is 1.20 bits per heavy atom. The maximum Gasteiger partial charge on any atom is 0.283 e. The van der Waals surface area contributed by atoms with Gasteiger partial charge in [-0.05, 0) is 17.4 Å². The summed E-state index contributed by atoms with van der Waals surface area (Å²) < 4.78 is 5.68. The minimum atomic E-state index is -0.362. The highest BCUT2D eigenvalue weighted by atomic mass is 32.2. The SMILES string of the molecule is CCSc1cc(OCc2ccccc2)ccc1[N+](=O)[O-]. The first-order chi connectivity index (χ1) is 9.70. The molecule has 0 aliphatic rings. The van der Waals surface area contributed by atoms with Gasteiger partial charge in [-0.2, -0.15) is 0 Å². The van der Waals surface area contributed by atoms with Crippen molar-refractivity contribution in [2.45, 2.75) is 18.4 Å². The van der Waals surface area contributed by atoms with Crippen molar-refractivity contribution in [2.75, 3.05) is 5.75 Å². The summed E-state index contributed by atoms with van der Waals surface area (Å²) in [6.45, 7) is 2.42. The van der Waals surface area contributed by atoms with Crippen molar-refractivity contribution < 1.29 is 9.66 Å². The Kier molecular flexibility index (Phi) is 5.01. The molecule has 2 rings (SSSR count). The van der Waals surface area contributed by atoms with Crippen molar-refractivity contribution in [3.05, 3.63) is 64.2 Å². The summed E-state index contributed by atoms with van der Waals surface area (Å²) in [5.74, 6) is 1.43. The number of nitro groups is 1. The Morgan fingerprint density at radius 2 is 1.95 bits per heavy atom. The molecular weight excluding hydrogens is 274 g/mol. The average molecular weight is 289 g/mol. The molecule has 0 unspecified atom stereocenters. The lowest BCUT2D eigenvalue weighted by Gasteiger charge is -2.08. The van der Waals surface area contributed by atoms with Gasteiger partial charge in [-0.15, -0.1) is 11.8 Å². The largest absolute Gasteiger partial charge is 0.489 e. The van der Waals surface area contributed by atoms with E-state index in [9.17, 15) is 10.1 Å². The van der Waals surface area contributed by atoms with E-state index in [4.69, 9.17) is 4.74 Å². The molecule has 5 heteroatoms. The van der Waals surface area contributed by atoms with Gasteiger partial charge in [0.05, 0.1) is 9.82 Å². The van der Waals surface area contributed by atoms with E-state index in [2.05, 4.69) is 0 Å². The van der Waals surface area contributed by atoms with Crippen molar-refractivity contribution in [3.8, 4) is 5.75 Å². The van der Waals surface area contributed by atoms with Crippen LogP contribution in [0.1, 0.15) is 12.5 Å². The summed E-state index contributed by atoms with van der Waals surface area (Å²) in [6, 6.07) is 14.7. The smallest absolute Gasteiger partial charge is 0.283 e. The van der Waals surface area contributed by atoms with Crippen LogP contribution in [0.2, 0.25) is 0 Å². The molecule has 0 radical (unpaired) electrons. The maximum atomic E-state index is 10.9. The number of hydrogen-bond donors (Lipinski definition) is 0. The van der Waals surface area contributed by atoms with Crippen molar-refractivity contribution in [2.24, 2.45) is 0 Å². The Morgan fingerprint density at radius 3 is 2.60 bits per heavy atom. The molecule has 0 aromatic heterocycles. The molecule has 2 aromatic carbocycles. The van der Waals surface area contributed by atoms with Crippen molar-refractivity contribution in [1.29, 1.82) is 0 Å². The van der Waals surface area contributed by atoms with Crippen LogP contribution in [0.5, 0.6) is 5.75 Å². The normalized spacial score (nSPS) is 10.2. The molecule has 4 nitrogen and oxygen atoms in total. The van der Waals surface area contributed by atoms with Crippen LogP contribution >= 0.6 is 11.8 Å². The van der Waals surface area contributed by atoms with Crippen LogP contribution in [0.25, 0.3) is 0 Å². The fourth-order valence-electron chi connectivity index (χ4n) is 1.75. The van der Waals surface area contributed by atoms with Crippen molar-refractivity contribution in [1.82, 2.24) is 0 Å². The zero-order valence-electron chi connectivity index (χ0n) is 11.1. The average Bonchev–Trinajstić information content (AvgIpc) is 2.46. The third kappa shape index (κ3) is 3.74. The van der Waals surface area contributed by atoms with Crippen LogP contribution in [-0.4, -0.2) is 10.7 Å². The van der Waals surface area contributed by atoms with Crippen molar-refractivity contribution in [3.63, 3.8) is 0 Å². The first kappa shape index (κ1) is 14.4. The van der Waals surface area contributed by atoms with Gasteiger partial charge in [-0.1, -0.05) is 37.3 Å². The highest BCUT2D eigenvalue weighted by molar-refractivity contribution is 7.99. The monoisotopic (exact) mass is 289 g/mol. The fourth-order valence-corrected chi connectivity index (χ4v) is 2.55. The fraction of sp³-hybridized carbons (Fsp3) is 0.200. The molecule has 0 fully saturated rings. The van der Waals surface area contributed by atoms with Gasteiger partial charge < -0.3 is 4.74 Å². The number of rotatable bonds is 6. The Labute approximate surface area is 121 Å². The molecule has 0 atom stereocenters. The Bertz CT molecular complexity index is 587. The van der Waals surface area contributed by atoms with Gasteiger partial charge in [0.2, 0.25) is 0 Å². The second-order valence-electron chi connectivity index (χ2n) is 4.09. The molecule has 0 saturated carbocycles. The van der Waals surface area contributed by atoms with E-state index in [1.807, 2.05) is 37.3 Å². The number of nitro benzene ring substituents is 1. The summed E-state index contributed by atoms with van der Waals surface area (Å²) in [7, 11) is 0. The molecule has 2 aromatic rings. The molecule has 104 valence electrons. The number of ether oxygens (including phenoxy) is 1. The second kappa shape index (κ2) is 6.96. The van der Waals surface area contributed by atoms with Crippen LogP contribution in [-0.2, 0) is 6.61 Å². The van der Waals surface area contributed by atoms with Crippen LogP contribution < -0.4 is 4.74 Å². The van der Waals surface area contributed by atoms with Crippen LogP contribution in [0.4, 0.5) is 5.69 Å². The van der Waals surface area contributed by atoms with Gasteiger partial charge >= 0.3 is 0 Å². The minimum absolute atomic E-state index is 0.129. The highest BCUT2D eigenvalue weighted by Crippen LogP contribution is 2.32. The van der Waals surface area contributed by atoms with Crippen LogP contribution in [0, 0.1) is 10.1 Å². The molecule has 0 heterocycles. The summed E-state index contributed by atoms with van der Waals surface area (Å²) in [6.07, 6.45) is 0. The summed E-state index contributed by atoms with van der Waals surface area (Å²) in [4.78, 5) is 11.2. The van der Waals surface area contributed by atoms with Gasteiger partial charge in [-0.25, -0.2) is 0 Å². The highest BCUT2D eigenvalue weighted by Gasteiger charge is 2.14. The summed E-state index contributed by atoms with van der Waals surface area (Å²) >= 11 is 1.44. The Hall–Kier alpha value is -2.01. The van der Waals surface area contributed by atoms with Crippen molar-refractivity contribution >= 4 is 17.4 Å². The van der Waals surface area contributed by atoms with E-state index >= 15 is 0 Å². The molecular formula is C15H15NO3S. The second-order valence-corrected chi connectivity index (χ2v) is 5.40. The molecule has 0 amide bonds. The molecule has 0 aliphatic carbocycles. The lowest BCUT2D eigenvalue weighted by molar-refractivity contribution is -0.387. The lowest BCUT2D eigenvalue weighted by atomic mass is 10.2. The van der Waals surface area contributed by atoms with Gasteiger partial charge in [-0.3, -0.25) is 10.1 Å². The predicted molar refractivity (Wildman–Crippen MR) is 80.3 cm³/mol. The molecule has 0 bridgehead atoms. The van der Waals surface area contributed by atoms with Gasteiger partial charge in [0.25, 0.3) is 5.69 Å². The maximum absolute atomic E-state index is 10.9. The van der Waals surface area contributed by atoms with E-state index in [1.165, 1.54) is 17.8 Å². The third-order valence-corrected chi connectivity index (χ3v) is 3.60. The van der Waals surface area contributed by atoms with E-state index in [0.29, 0.717) is 17.3 Å². The van der Waals surface area contributed by atoms with Crippen LogP contribution in [0.3, 0.4) is 0 Å². The van der Waals surface area contributed by atoms with E-state index in [1.54, 1.807) is 12.1 Å². The predicted octanol–water partition coefficient (Wildman–Crippen LogP) is 4.29. The quantitative estimate of drug-likeness (QED) is 0.452. The molecule has 20 heavy (non-hydrogen) atoms.